The molecule has 0 aliphatic rings. The summed E-state index contributed by atoms with van der Waals surface area (Å²) in [5.41, 5.74) is 3.46. The van der Waals surface area contributed by atoms with Gasteiger partial charge in [-0.3, -0.25) is 9.59 Å². The van der Waals surface area contributed by atoms with E-state index in [0.717, 1.165) is 29.5 Å². The number of unbranched alkanes of at least 4 members (excludes halogenated alkanes) is 1. The fourth-order valence-corrected chi connectivity index (χ4v) is 3.38. The Morgan fingerprint density at radius 1 is 1.10 bits per heavy atom. The van der Waals surface area contributed by atoms with Gasteiger partial charge in [-0.05, 0) is 38.8 Å². The normalized spacial score (nSPS) is 11.8. The van der Waals surface area contributed by atoms with Gasteiger partial charge in [0, 0.05) is 18.7 Å². The zero-order valence-electron chi connectivity index (χ0n) is 17.8. The SMILES string of the molecule is CCCCNC(=O)[C@H](C)N(Cc1ccccc1F)C(=O)Cc1cc(C)cc(C)c1. The van der Waals surface area contributed by atoms with Crippen molar-refractivity contribution in [3.05, 3.63) is 70.5 Å². The van der Waals surface area contributed by atoms with Gasteiger partial charge in [-0.2, -0.15) is 0 Å². The highest BCUT2D eigenvalue weighted by atomic mass is 19.1. The van der Waals surface area contributed by atoms with Crippen molar-refractivity contribution < 1.29 is 14.0 Å². The van der Waals surface area contributed by atoms with Gasteiger partial charge in [0.1, 0.15) is 11.9 Å². The molecule has 29 heavy (non-hydrogen) atoms. The summed E-state index contributed by atoms with van der Waals surface area (Å²) >= 11 is 0. The van der Waals surface area contributed by atoms with Crippen LogP contribution in [0.1, 0.15) is 48.9 Å². The first-order valence-corrected chi connectivity index (χ1v) is 10.2. The predicted molar refractivity (Wildman–Crippen MR) is 114 cm³/mol. The van der Waals surface area contributed by atoms with Crippen LogP contribution in [-0.4, -0.2) is 29.3 Å². The van der Waals surface area contributed by atoms with Crippen molar-refractivity contribution in [2.24, 2.45) is 0 Å². The molecule has 2 rings (SSSR count). The Morgan fingerprint density at radius 2 is 1.76 bits per heavy atom. The average Bonchev–Trinajstić information content (AvgIpc) is 2.66. The van der Waals surface area contributed by atoms with Gasteiger partial charge < -0.3 is 10.2 Å². The first kappa shape index (κ1) is 22.6. The molecule has 0 aromatic heterocycles. The molecule has 1 N–H and O–H groups in total. The van der Waals surface area contributed by atoms with Crippen molar-refractivity contribution in [1.82, 2.24) is 10.2 Å². The minimum Gasteiger partial charge on any atom is -0.354 e. The van der Waals surface area contributed by atoms with Crippen LogP contribution in [0.4, 0.5) is 4.39 Å². The number of halogens is 1. The lowest BCUT2D eigenvalue weighted by Gasteiger charge is -2.29. The smallest absolute Gasteiger partial charge is 0.242 e. The first-order chi connectivity index (χ1) is 13.8. The maximum atomic E-state index is 14.2. The Kier molecular flexibility index (Phi) is 8.37. The fraction of sp³-hybridized carbons (Fsp3) is 0.417. The van der Waals surface area contributed by atoms with Crippen molar-refractivity contribution >= 4 is 11.8 Å². The molecule has 0 saturated heterocycles. The lowest BCUT2D eigenvalue weighted by atomic mass is 10.0. The van der Waals surface area contributed by atoms with Gasteiger partial charge in [-0.15, -0.1) is 0 Å². The monoisotopic (exact) mass is 398 g/mol. The van der Waals surface area contributed by atoms with E-state index in [1.165, 1.54) is 11.0 Å². The summed E-state index contributed by atoms with van der Waals surface area (Å²) in [5.74, 6) is -0.796. The number of aryl methyl sites for hydroxylation is 2. The number of amides is 2. The Morgan fingerprint density at radius 3 is 2.38 bits per heavy atom. The standard InChI is InChI=1S/C24H31FN2O2/c1-5-6-11-26-24(29)19(4)27(16-21-9-7-8-10-22(21)25)23(28)15-20-13-17(2)12-18(3)14-20/h7-10,12-14,19H,5-6,11,15-16H2,1-4H3,(H,26,29)/t19-/m0/s1. The highest BCUT2D eigenvalue weighted by Crippen LogP contribution is 2.16. The van der Waals surface area contributed by atoms with Crippen molar-refractivity contribution in [3.63, 3.8) is 0 Å². The van der Waals surface area contributed by atoms with E-state index < -0.39 is 6.04 Å². The van der Waals surface area contributed by atoms with Crippen LogP contribution >= 0.6 is 0 Å². The number of rotatable bonds is 9. The molecule has 0 radical (unpaired) electrons. The molecule has 0 saturated carbocycles. The molecule has 1 atom stereocenters. The van der Waals surface area contributed by atoms with Gasteiger partial charge in [0.25, 0.3) is 0 Å². The summed E-state index contributed by atoms with van der Waals surface area (Å²) in [6.07, 6.45) is 2.02. The van der Waals surface area contributed by atoms with Crippen molar-refractivity contribution in [1.29, 1.82) is 0 Å². The van der Waals surface area contributed by atoms with Crippen LogP contribution < -0.4 is 5.32 Å². The van der Waals surface area contributed by atoms with Crippen LogP contribution in [0.25, 0.3) is 0 Å². The number of nitrogens with one attached hydrogen (secondary N) is 1. The lowest BCUT2D eigenvalue weighted by molar-refractivity contribution is -0.140. The van der Waals surface area contributed by atoms with E-state index in [4.69, 9.17) is 0 Å². The largest absolute Gasteiger partial charge is 0.354 e. The molecule has 0 heterocycles. The number of hydrogen-bond acceptors (Lipinski definition) is 2. The van der Waals surface area contributed by atoms with Gasteiger partial charge in [-0.1, -0.05) is 60.9 Å². The van der Waals surface area contributed by atoms with E-state index in [0.29, 0.717) is 12.1 Å². The van der Waals surface area contributed by atoms with Gasteiger partial charge in [0.2, 0.25) is 11.8 Å². The second kappa shape index (κ2) is 10.7. The molecule has 0 fully saturated rings. The van der Waals surface area contributed by atoms with E-state index in [9.17, 15) is 14.0 Å². The molecule has 0 spiro atoms. The Balaban J connectivity index is 2.23. The summed E-state index contributed by atoms with van der Waals surface area (Å²) < 4.78 is 14.2. The molecule has 5 heteroatoms. The summed E-state index contributed by atoms with van der Waals surface area (Å²) in [5, 5.41) is 2.87. The summed E-state index contributed by atoms with van der Waals surface area (Å²) in [7, 11) is 0. The highest BCUT2D eigenvalue weighted by Gasteiger charge is 2.26. The van der Waals surface area contributed by atoms with Crippen molar-refractivity contribution in [2.45, 2.75) is 59.5 Å². The van der Waals surface area contributed by atoms with E-state index in [-0.39, 0.29) is 30.6 Å². The minimum atomic E-state index is -0.690. The molecule has 156 valence electrons. The van der Waals surface area contributed by atoms with E-state index in [1.54, 1.807) is 25.1 Å². The maximum absolute atomic E-state index is 14.2. The molecule has 0 bridgehead atoms. The maximum Gasteiger partial charge on any atom is 0.242 e. The number of hydrogen-bond donors (Lipinski definition) is 1. The number of carbonyl (C=O) groups is 2. The van der Waals surface area contributed by atoms with Crippen molar-refractivity contribution in [2.75, 3.05) is 6.54 Å². The average molecular weight is 399 g/mol. The van der Waals surface area contributed by atoms with E-state index >= 15 is 0 Å². The molecule has 2 aromatic carbocycles. The predicted octanol–water partition coefficient (Wildman–Crippen LogP) is 4.32. The zero-order valence-corrected chi connectivity index (χ0v) is 17.8. The first-order valence-electron chi connectivity index (χ1n) is 10.2. The number of benzene rings is 2. The summed E-state index contributed by atoms with van der Waals surface area (Å²) in [6.45, 7) is 8.34. The van der Waals surface area contributed by atoms with E-state index in [1.807, 2.05) is 32.9 Å². The Hall–Kier alpha value is -2.69. The van der Waals surface area contributed by atoms with Gasteiger partial charge in [-0.25, -0.2) is 4.39 Å². The molecular weight excluding hydrogens is 367 g/mol. The molecule has 0 aliphatic carbocycles. The molecule has 0 aliphatic heterocycles. The summed E-state index contributed by atoms with van der Waals surface area (Å²) in [6, 6.07) is 11.7. The van der Waals surface area contributed by atoms with E-state index in [2.05, 4.69) is 11.4 Å². The van der Waals surface area contributed by atoms with Gasteiger partial charge in [0.05, 0.1) is 6.42 Å². The minimum absolute atomic E-state index is 0.0542. The Bertz CT molecular complexity index is 830. The van der Waals surface area contributed by atoms with Crippen LogP contribution in [-0.2, 0) is 22.6 Å². The van der Waals surface area contributed by atoms with Crippen LogP contribution in [0.2, 0.25) is 0 Å². The second-order valence-electron chi connectivity index (χ2n) is 7.61. The molecule has 0 unspecified atom stereocenters. The van der Waals surface area contributed by atoms with Gasteiger partial charge >= 0.3 is 0 Å². The third kappa shape index (κ3) is 6.70. The van der Waals surface area contributed by atoms with Crippen LogP contribution in [0.15, 0.2) is 42.5 Å². The molecular formula is C24H31FN2O2. The highest BCUT2D eigenvalue weighted by molar-refractivity contribution is 5.88. The van der Waals surface area contributed by atoms with Crippen LogP contribution in [0.5, 0.6) is 0 Å². The Labute approximate surface area is 173 Å². The second-order valence-corrected chi connectivity index (χ2v) is 7.61. The van der Waals surface area contributed by atoms with Crippen LogP contribution in [0.3, 0.4) is 0 Å². The lowest BCUT2D eigenvalue weighted by Crippen LogP contribution is -2.48. The topological polar surface area (TPSA) is 49.4 Å². The summed E-state index contributed by atoms with van der Waals surface area (Å²) in [4.78, 5) is 27.2. The zero-order chi connectivity index (χ0) is 21.4. The molecule has 2 amide bonds. The third-order valence-electron chi connectivity index (χ3n) is 4.93. The number of nitrogens with zero attached hydrogens (tertiary/aromatic N) is 1. The molecule has 2 aromatic rings. The fourth-order valence-electron chi connectivity index (χ4n) is 3.38. The third-order valence-corrected chi connectivity index (χ3v) is 4.93. The van der Waals surface area contributed by atoms with Crippen molar-refractivity contribution in [3.8, 4) is 0 Å². The van der Waals surface area contributed by atoms with Gasteiger partial charge in [0.15, 0.2) is 0 Å². The number of carbonyl (C=O) groups excluding carboxylic acids is 2. The quantitative estimate of drug-likeness (QED) is 0.640. The molecule has 4 nitrogen and oxygen atoms in total. The van der Waals surface area contributed by atoms with Crippen LogP contribution in [0, 0.1) is 19.7 Å².